The third-order valence-electron chi connectivity index (χ3n) is 7.68. The van der Waals surface area contributed by atoms with Crippen LogP contribution in [0.5, 0.6) is 0 Å². The Morgan fingerprint density at radius 1 is 0.941 bits per heavy atom. The molecule has 1 aliphatic heterocycles. The second-order valence-corrected chi connectivity index (χ2v) is 10.6. The van der Waals surface area contributed by atoms with Crippen LogP contribution in [0.2, 0.25) is 0 Å². The topological polar surface area (TPSA) is 40.5 Å². The van der Waals surface area contributed by atoms with E-state index in [9.17, 15) is 9.90 Å². The van der Waals surface area contributed by atoms with Gasteiger partial charge in [-0.25, -0.2) is 0 Å². The molecule has 1 aromatic heterocycles. The Morgan fingerprint density at radius 2 is 1.65 bits per heavy atom. The molecule has 170 valence electrons. The van der Waals surface area contributed by atoms with Gasteiger partial charge in [0, 0.05) is 41.0 Å². The molecule has 0 bridgehead atoms. The van der Waals surface area contributed by atoms with Gasteiger partial charge in [-0.2, -0.15) is 0 Å². The SMILES string of the molecule is O=C(O)C12CN(Cc3ccccc3)CC1C(c1cc3ccccc3s1)=CCC2c1ccccc1. The van der Waals surface area contributed by atoms with E-state index in [1.807, 2.05) is 24.3 Å². The summed E-state index contributed by atoms with van der Waals surface area (Å²) in [5, 5.41) is 12.1. The first-order chi connectivity index (χ1) is 16.6. The highest BCUT2D eigenvalue weighted by Gasteiger charge is 2.59. The normalized spacial score (nSPS) is 24.6. The summed E-state index contributed by atoms with van der Waals surface area (Å²) >= 11 is 1.79. The summed E-state index contributed by atoms with van der Waals surface area (Å²) in [4.78, 5) is 16.8. The summed E-state index contributed by atoms with van der Waals surface area (Å²) in [5.41, 5.74) is 2.72. The van der Waals surface area contributed by atoms with Crippen LogP contribution in [0.15, 0.2) is 97.1 Å². The fraction of sp³-hybridized carbons (Fsp3) is 0.233. The van der Waals surface area contributed by atoms with Crippen molar-refractivity contribution in [3.8, 4) is 0 Å². The zero-order valence-electron chi connectivity index (χ0n) is 18.9. The molecular formula is C30H27NO2S. The quantitative estimate of drug-likeness (QED) is 0.358. The van der Waals surface area contributed by atoms with Crippen LogP contribution >= 0.6 is 11.3 Å². The minimum absolute atomic E-state index is 0.0462. The summed E-state index contributed by atoms with van der Waals surface area (Å²) in [6, 6.07) is 31.4. The molecule has 3 unspecified atom stereocenters. The molecule has 0 radical (unpaired) electrons. The predicted octanol–water partition coefficient (Wildman–Crippen LogP) is 6.68. The van der Waals surface area contributed by atoms with E-state index >= 15 is 0 Å². The third-order valence-corrected chi connectivity index (χ3v) is 8.84. The lowest BCUT2D eigenvalue weighted by atomic mass is 9.59. The zero-order valence-corrected chi connectivity index (χ0v) is 19.7. The first-order valence-corrected chi connectivity index (χ1v) is 12.7. The van der Waals surface area contributed by atoms with Crippen LogP contribution in [-0.4, -0.2) is 29.1 Å². The van der Waals surface area contributed by atoms with Crippen molar-refractivity contribution in [1.29, 1.82) is 0 Å². The molecule has 1 saturated heterocycles. The average molecular weight is 466 g/mol. The maximum Gasteiger partial charge on any atom is 0.312 e. The standard InChI is InChI=1S/C30H27NO2S/c32-29(33)30-20-31(18-21-9-3-1-4-10-21)19-26(30)24(15-16-25(30)22-11-5-2-6-12-22)28-17-23-13-7-8-14-27(23)34-28/h1-15,17,25-26H,16,18-20H2,(H,32,33). The van der Waals surface area contributed by atoms with E-state index in [1.54, 1.807) is 11.3 Å². The first kappa shape index (κ1) is 21.3. The van der Waals surface area contributed by atoms with Crippen LogP contribution < -0.4 is 0 Å². The summed E-state index contributed by atoms with van der Waals surface area (Å²) in [7, 11) is 0. The van der Waals surface area contributed by atoms with E-state index in [4.69, 9.17) is 0 Å². The fourth-order valence-corrected chi connectivity index (χ4v) is 7.29. The number of carboxylic acid groups (broad SMARTS) is 1. The van der Waals surface area contributed by atoms with Gasteiger partial charge >= 0.3 is 5.97 Å². The van der Waals surface area contributed by atoms with Crippen LogP contribution in [-0.2, 0) is 11.3 Å². The Kier molecular flexibility index (Phi) is 5.35. The Hall–Kier alpha value is -3.21. The highest BCUT2D eigenvalue weighted by molar-refractivity contribution is 7.20. The van der Waals surface area contributed by atoms with Gasteiger partial charge in [0.2, 0.25) is 0 Å². The Balaban J connectivity index is 1.46. The molecule has 6 rings (SSSR count). The second-order valence-electron chi connectivity index (χ2n) is 9.56. The number of thiophene rings is 1. The van der Waals surface area contributed by atoms with Crippen molar-refractivity contribution in [3.63, 3.8) is 0 Å². The van der Waals surface area contributed by atoms with Crippen molar-refractivity contribution in [1.82, 2.24) is 4.90 Å². The number of hydrogen-bond acceptors (Lipinski definition) is 3. The summed E-state index contributed by atoms with van der Waals surface area (Å²) in [5.74, 6) is -0.774. The predicted molar refractivity (Wildman–Crippen MR) is 139 cm³/mol. The molecule has 0 amide bonds. The van der Waals surface area contributed by atoms with Crippen LogP contribution in [0.4, 0.5) is 0 Å². The maximum atomic E-state index is 13.2. The van der Waals surface area contributed by atoms with Gasteiger partial charge in [-0.05, 0) is 40.6 Å². The van der Waals surface area contributed by atoms with Crippen LogP contribution in [0.25, 0.3) is 15.7 Å². The molecule has 3 atom stereocenters. The van der Waals surface area contributed by atoms with Crippen molar-refractivity contribution >= 4 is 33.0 Å². The fourth-order valence-electron chi connectivity index (χ4n) is 6.14. The van der Waals surface area contributed by atoms with Crippen molar-refractivity contribution < 1.29 is 9.90 Å². The molecule has 34 heavy (non-hydrogen) atoms. The van der Waals surface area contributed by atoms with E-state index in [0.717, 1.165) is 25.1 Å². The maximum absolute atomic E-state index is 13.2. The number of rotatable bonds is 5. The van der Waals surface area contributed by atoms with E-state index in [-0.39, 0.29) is 11.8 Å². The number of likely N-dealkylation sites (tertiary alicyclic amines) is 1. The average Bonchev–Trinajstić information content (AvgIpc) is 3.47. The molecule has 4 heteroatoms. The van der Waals surface area contributed by atoms with Crippen LogP contribution in [0, 0.1) is 11.3 Å². The zero-order chi connectivity index (χ0) is 23.1. The number of fused-ring (bicyclic) bond motifs is 2. The Morgan fingerprint density at radius 3 is 2.38 bits per heavy atom. The first-order valence-electron chi connectivity index (χ1n) is 11.9. The van der Waals surface area contributed by atoms with Gasteiger partial charge in [0.05, 0.1) is 5.41 Å². The molecule has 4 aromatic rings. The van der Waals surface area contributed by atoms with Gasteiger partial charge in [0.25, 0.3) is 0 Å². The minimum Gasteiger partial charge on any atom is -0.481 e. The Bertz CT molecular complexity index is 1330. The number of hydrogen-bond donors (Lipinski definition) is 1. The van der Waals surface area contributed by atoms with Gasteiger partial charge in [-0.1, -0.05) is 84.9 Å². The highest BCUT2D eigenvalue weighted by Crippen LogP contribution is 2.58. The smallest absolute Gasteiger partial charge is 0.312 e. The molecule has 0 spiro atoms. The van der Waals surface area contributed by atoms with Crippen molar-refractivity contribution in [2.45, 2.75) is 18.9 Å². The van der Waals surface area contributed by atoms with E-state index in [0.29, 0.717) is 6.54 Å². The van der Waals surface area contributed by atoms with Crippen molar-refractivity contribution in [3.05, 3.63) is 113 Å². The van der Waals surface area contributed by atoms with E-state index < -0.39 is 11.4 Å². The van der Waals surface area contributed by atoms with E-state index in [2.05, 4.69) is 77.7 Å². The largest absolute Gasteiger partial charge is 0.481 e. The summed E-state index contributed by atoms with van der Waals surface area (Å²) in [6.07, 6.45) is 3.08. The molecule has 3 aromatic carbocycles. The molecule has 1 fully saturated rings. The monoisotopic (exact) mass is 465 g/mol. The number of carboxylic acids is 1. The molecule has 2 aliphatic rings. The number of aliphatic carboxylic acids is 1. The van der Waals surface area contributed by atoms with Gasteiger partial charge in [0.1, 0.15) is 0 Å². The van der Waals surface area contributed by atoms with Gasteiger partial charge < -0.3 is 5.11 Å². The minimum atomic E-state index is -0.851. The van der Waals surface area contributed by atoms with Crippen LogP contribution in [0.1, 0.15) is 28.3 Å². The number of allylic oxidation sites excluding steroid dienone is 1. The van der Waals surface area contributed by atoms with Crippen LogP contribution in [0.3, 0.4) is 0 Å². The highest BCUT2D eigenvalue weighted by atomic mass is 32.1. The summed E-state index contributed by atoms with van der Waals surface area (Å²) < 4.78 is 1.25. The lowest BCUT2D eigenvalue weighted by Crippen LogP contribution is -2.46. The van der Waals surface area contributed by atoms with E-state index in [1.165, 1.54) is 26.1 Å². The number of benzene rings is 3. The van der Waals surface area contributed by atoms with Crippen molar-refractivity contribution in [2.75, 3.05) is 13.1 Å². The molecule has 3 nitrogen and oxygen atoms in total. The molecule has 0 saturated carbocycles. The number of carbonyl (C=O) groups is 1. The summed E-state index contributed by atoms with van der Waals surface area (Å²) in [6.45, 7) is 2.09. The molecule has 1 N–H and O–H groups in total. The molecule has 1 aliphatic carbocycles. The number of nitrogens with zero attached hydrogens (tertiary/aromatic N) is 1. The second kappa shape index (κ2) is 8.53. The van der Waals surface area contributed by atoms with Gasteiger partial charge in [-0.15, -0.1) is 11.3 Å². The van der Waals surface area contributed by atoms with Gasteiger partial charge in [0.15, 0.2) is 0 Å². The molecule has 2 heterocycles. The Labute approximate surface area is 204 Å². The van der Waals surface area contributed by atoms with Gasteiger partial charge in [-0.3, -0.25) is 9.69 Å². The molecular weight excluding hydrogens is 438 g/mol. The lowest BCUT2D eigenvalue weighted by Gasteiger charge is -2.42. The lowest BCUT2D eigenvalue weighted by molar-refractivity contribution is -0.151. The van der Waals surface area contributed by atoms with Crippen molar-refractivity contribution in [2.24, 2.45) is 11.3 Å². The third kappa shape index (κ3) is 3.49.